The number of carbonyl (C=O) groups excluding carboxylic acids is 2. The lowest BCUT2D eigenvalue weighted by Gasteiger charge is -2.32. The molecule has 0 aromatic heterocycles. The highest BCUT2D eigenvalue weighted by Gasteiger charge is 2.22. The van der Waals surface area contributed by atoms with Crippen LogP contribution in [0, 0.1) is 0 Å². The van der Waals surface area contributed by atoms with Crippen LogP contribution in [0.25, 0.3) is 0 Å². The molecule has 1 aliphatic rings. The standard InChI is InChI=1S/C30H35N3O2/c1-2-3-5-14-29(34)32-26-15-16-28(33-20-18-24-12-8-9-13-25(24)22-33)27(21-26)30(35)31-19-17-23-10-6-4-7-11-23/h4,6-13,15-16,21H,2-3,5,14,17-20,22H2,1H3,(H,31,35)(H,32,34). The van der Waals surface area contributed by atoms with Crippen LogP contribution in [0.4, 0.5) is 11.4 Å². The number of nitrogens with zero attached hydrogens (tertiary/aromatic N) is 1. The number of unbranched alkanes of at least 4 members (excludes halogenated alkanes) is 2. The molecule has 3 aromatic carbocycles. The van der Waals surface area contributed by atoms with Crippen molar-refractivity contribution in [2.45, 2.75) is 52.0 Å². The smallest absolute Gasteiger partial charge is 0.253 e. The molecule has 0 bridgehead atoms. The molecule has 0 atom stereocenters. The monoisotopic (exact) mass is 469 g/mol. The Hall–Kier alpha value is -3.60. The zero-order valence-corrected chi connectivity index (χ0v) is 20.6. The predicted octanol–water partition coefficient (Wildman–Crippen LogP) is 5.74. The van der Waals surface area contributed by atoms with E-state index < -0.39 is 0 Å². The Morgan fingerprint density at radius 3 is 2.49 bits per heavy atom. The van der Waals surface area contributed by atoms with E-state index in [-0.39, 0.29) is 11.8 Å². The van der Waals surface area contributed by atoms with Gasteiger partial charge in [0.15, 0.2) is 0 Å². The molecule has 0 saturated carbocycles. The van der Waals surface area contributed by atoms with Crippen LogP contribution < -0.4 is 15.5 Å². The van der Waals surface area contributed by atoms with E-state index in [1.807, 2.05) is 36.4 Å². The summed E-state index contributed by atoms with van der Waals surface area (Å²) in [5.74, 6) is -0.120. The molecule has 1 heterocycles. The molecular weight excluding hydrogens is 434 g/mol. The lowest BCUT2D eigenvalue weighted by molar-refractivity contribution is -0.116. The Kier molecular flexibility index (Phi) is 8.55. The Balaban J connectivity index is 1.51. The Bertz CT molecular complexity index is 1140. The molecule has 3 aromatic rings. The summed E-state index contributed by atoms with van der Waals surface area (Å²) < 4.78 is 0. The first kappa shape index (κ1) is 24.5. The van der Waals surface area contributed by atoms with Gasteiger partial charge in [-0.3, -0.25) is 9.59 Å². The minimum Gasteiger partial charge on any atom is -0.366 e. The maximum atomic E-state index is 13.3. The number of benzene rings is 3. The van der Waals surface area contributed by atoms with Crippen molar-refractivity contribution in [1.29, 1.82) is 0 Å². The average molecular weight is 470 g/mol. The zero-order valence-electron chi connectivity index (χ0n) is 20.6. The highest BCUT2D eigenvalue weighted by atomic mass is 16.2. The van der Waals surface area contributed by atoms with Crippen LogP contribution in [-0.2, 0) is 24.2 Å². The van der Waals surface area contributed by atoms with E-state index in [9.17, 15) is 9.59 Å². The van der Waals surface area contributed by atoms with Crippen LogP contribution in [0.3, 0.4) is 0 Å². The van der Waals surface area contributed by atoms with Crippen molar-refractivity contribution >= 4 is 23.2 Å². The molecule has 4 rings (SSSR count). The topological polar surface area (TPSA) is 61.4 Å². The van der Waals surface area contributed by atoms with Crippen LogP contribution in [0.5, 0.6) is 0 Å². The van der Waals surface area contributed by atoms with Crippen LogP contribution >= 0.6 is 0 Å². The third-order valence-corrected chi connectivity index (χ3v) is 6.55. The molecule has 2 amide bonds. The molecule has 1 aliphatic heterocycles. The largest absolute Gasteiger partial charge is 0.366 e. The highest BCUT2D eigenvalue weighted by Crippen LogP contribution is 2.29. The van der Waals surface area contributed by atoms with Gasteiger partial charge < -0.3 is 15.5 Å². The lowest BCUT2D eigenvalue weighted by Crippen LogP contribution is -2.33. The molecule has 5 heteroatoms. The molecule has 0 aliphatic carbocycles. The first-order valence-corrected chi connectivity index (χ1v) is 12.7. The second-order valence-electron chi connectivity index (χ2n) is 9.17. The first-order valence-electron chi connectivity index (χ1n) is 12.7. The minimum absolute atomic E-state index is 0.00599. The normalized spacial score (nSPS) is 12.7. The van der Waals surface area contributed by atoms with Gasteiger partial charge in [-0.05, 0) is 54.2 Å². The molecule has 0 saturated heterocycles. The van der Waals surface area contributed by atoms with E-state index in [0.29, 0.717) is 24.2 Å². The van der Waals surface area contributed by atoms with Crippen molar-refractivity contribution in [3.63, 3.8) is 0 Å². The number of nitrogens with one attached hydrogen (secondary N) is 2. The van der Waals surface area contributed by atoms with Crippen molar-refractivity contribution in [2.75, 3.05) is 23.3 Å². The first-order chi connectivity index (χ1) is 17.1. The Morgan fingerprint density at radius 1 is 0.914 bits per heavy atom. The molecule has 2 N–H and O–H groups in total. The molecule has 0 unspecified atom stereocenters. The molecule has 5 nitrogen and oxygen atoms in total. The van der Waals surface area contributed by atoms with Gasteiger partial charge in [-0.1, -0.05) is 74.4 Å². The summed E-state index contributed by atoms with van der Waals surface area (Å²) in [6.07, 6.45) is 5.21. The van der Waals surface area contributed by atoms with Crippen molar-refractivity contribution in [1.82, 2.24) is 5.32 Å². The van der Waals surface area contributed by atoms with Crippen LogP contribution in [0.2, 0.25) is 0 Å². The molecule has 0 spiro atoms. The maximum Gasteiger partial charge on any atom is 0.253 e. The van der Waals surface area contributed by atoms with Crippen molar-refractivity contribution in [3.05, 3.63) is 95.1 Å². The number of amides is 2. The summed E-state index contributed by atoms with van der Waals surface area (Å²) in [7, 11) is 0. The van der Waals surface area contributed by atoms with Crippen LogP contribution in [0.1, 0.15) is 59.7 Å². The van der Waals surface area contributed by atoms with E-state index in [0.717, 1.165) is 50.9 Å². The molecular formula is C30H35N3O2. The van der Waals surface area contributed by atoms with Gasteiger partial charge in [0, 0.05) is 37.4 Å². The highest BCUT2D eigenvalue weighted by molar-refractivity contribution is 6.02. The van der Waals surface area contributed by atoms with Gasteiger partial charge in [0.25, 0.3) is 5.91 Å². The third kappa shape index (κ3) is 6.72. The summed E-state index contributed by atoms with van der Waals surface area (Å²) in [5.41, 5.74) is 6.02. The maximum absolute atomic E-state index is 13.3. The zero-order chi connectivity index (χ0) is 24.5. The predicted molar refractivity (Wildman–Crippen MR) is 143 cm³/mol. The van der Waals surface area contributed by atoms with Crippen molar-refractivity contribution in [3.8, 4) is 0 Å². The average Bonchev–Trinajstić information content (AvgIpc) is 2.89. The number of rotatable bonds is 10. The number of hydrogen-bond donors (Lipinski definition) is 2. The molecule has 35 heavy (non-hydrogen) atoms. The fourth-order valence-electron chi connectivity index (χ4n) is 4.59. The summed E-state index contributed by atoms with van der Waals surface area (Å²) in [5, 5.41) is 6.08. The van der Waals surface area contributed by atoms with Gasteiger partial charge in [-0.15, -0.1) is 0 Å². The van der Waals surface area contributed by atoms with E-state index in [1.165, 1.54) is 16.7 Å². The van der Waals surface area contributed by atoms with E-state index in [1.54, 1.807) is 0 Å². The summed E-state index contributed by atoms with van der Waals surface area (Å²) in [6.45, 7) is 4.30. The number of anilines is 2. The molecule has 182 valence electrons. The van der Waals surface area contributed by atoms with Gasteiger partial charge in [-0.2, -0.15) is 0 Å². The summed E-state index contributed by atoms with van der Waals surface area (Å²) >= 11 is 0. The third-order valence-electron chi connectivity index (χ3n) is 6.55. The molecule has 0 fully saturated rings. The molecule has 0 radical (unpaired) electrons. The fourth-order valence-corrected chi connectivity index (χ4v) is 4.59. The van der Waals surface area contributed by atoms with E-state index >= 15 is 0 Å². The minimum atomic E-state index is -0.114. The number of hydrogen-bond acceptors (Lipinski definition) is 3. The number of carbonyl (C=O) groups is 2. The lowest BCUT2D eigenvalue weighted by atomic mass is 9.98. The fraction of sp³-hybridized carbons (Fsp3) is 0.333. The summed E-state index contributed by atoms with van der Waals surface area (Å²) in [4.78, 5) is 28.0. The SMILES string of the molecule is CCCCCC(=O)Nc1ccc(N2CCc3ccccc3C2)c(C(=O)NCCc2ccccc2)c1. The van der Waals surface area contributed by atoms with E-state index in [2.05, 4.69) is 58.9 Å². The van der Waals surface area contributed by atoms with E-state index in [4.69, 9.17) is 0 Å². The Labute approximate surface area is 208 Å². The van der Waals surface area contributed by atoms with Crippen LogP contribution in [-0.4, -0.2) is 24.9 Å². The van der Waals surface area contributed by atoms with Gasteiger partial charge in [0.1, 0.15) is 0 Å². The van der Waals surface area contributed by atoms with Crippen molar-refractivity contribution in [2.24, 2.45) is 0 Å². The summed E-state index contributed by atoms with van der Waals surface area (Å²) in [6, 6.07) is 24.3. The quantitative estimate of drug-likeness (QED) is 0.372. The number of fused-ring (bicyclic) bond motifs is 1. The van der Waals surface area contributed by atoms with Gasteiger partial charge in [-0.25, -0.2) is 0 Å². The van der Waals surface area contributed by atoms with Gasteiger partial charge in [0.2, 0.25) is 5.91 Å². The van der Waals surface area contributed by atoms with Crippen molar-refractivity contribution < 1.29 is 9.59 Å². The second-order valence-corrected chi connectivity index (χ2v) is 9.17. The van der Waals surface area contributed by atoms with Crippen LogP contribution in [0.15, 0.2) is 72.8 Å². The second kappa shape index (κ2) is 12.2. The van der Waals surface area contributed by atoms with Gasteiger partial charge >= 0.3 is 0 Å². The Morgan fingerprint density at radius 2 is 1.69 bits per heavy atom. The van der Waals surface area contributed by atoms with Gasteiger partial charge in [0.05, 0.1) is 5.56 Å².